The van der Waals surface area contributed by atoms with E-state index >= 15 is 0 Å². The molecule has 0 aromatic carbocycles. The smallest absolute Gasteiger partial charge is 0.219 e. The van der Waals surface area contributed by atoms with Crippen LogP contribution in [0.5, 0.6) is 0 Å². The number of amides is 1. The van der Waals surface area contributed by atoms with Gasteiger partial charge in [-0.3, -0.25) is 9.78 Å². The van der Waals surface area contributed by atoms with Crippen molar-refractivity contribution in [2.75, 3.05) is 13.1 Å². The molecule has 86 valence electrons. The van der Waals surface area contributed by atoms with Crippen LogP contribution < -0.4 is 0 Å². The molecule has 3 heteroatoms. The molecule has 2 heterocycles. The lowest BCUT2D eigenvalue weighted by Gasteiger charge is -2.32. The Morgan fingerprint density at radius 3 is 3.19 bits per heavy atom. The van der Waals surface area contributed by atoms with Gasteiger partial charge in [0.15, 0.2) is 0 Å². The second kappa shape index (κ2) is 5.10. The van der Waals surface area contributed by atoms with Crippen molar-refractivity contribution in [3.05, 3.63) is 30.1 Å². The maximum absolute atomic E-state index is 11.3. The topological polar surface area (TPSA) is 33.2 Å². The van der Waals surface area contributed by atoms with E-state index in [1.807, 2.05) is 17.2 Å². The molecule has 1 saturated heterocycles. The van der Waals surface area contributed by atoms with E-state index in [0.29, 0.717) is 5.92 Å². The number of rotatable bonds is 2. The number of hydrogen-bond acceptors (Lipinski definition) is 2. The Hall–Kier alpha value is -1.38. The quantitative estimate of drug-likeness (QED) is 0.759. The minimum absolute atomic E-state index is 0.205. The standard InChI is InChI=1S/C13H18N2O/c1-11(16)15-7-3-5-13(10-15)8-12-4-2-6-14-9-12/h2,4,6,9,13H,3,5,7-8,10H2,1H3/t13-/m1/s1. The summed E-state index contributed by atoms with van der Waals surface area (Å²) < 4.78 is 0. The van der Waals surface area contributed by atoms with E-state index in [9.17, 15) is 4.79 Å². The zero-order chi connectivity index (χ0) is 11.4. The summed E-state index contributed by atoms with van der Waals surface area (Å²) in [5.41, 5.74) is 1.28. The van der Waals surface area contributed by atoms with E-state index in [2.05, 4.69) is 11.1 Å². The number of hydrogen-bond donors (Lipinski definition) is 0. The average Bonchev–Trinajstić information content (AvgIpc) is 2.30. The van der Waals surface area contributed by atoms with E-state index in [4.69, 9.17) is 0 Å². The number of carbonyl (C=O) groups excluding carboxylic acids is 1. The third-order valence-corrected chi connectivity index (χ3v) is 3.21. The Kier molecular flexibility index (Phi) is 3.54. The molecule has 16 heavy (non-hydrogen) atoms. The fourth-order valence-corrected chi connectivity index (χ4v) is 2.37. The number of carbonyl (C=O) groups is 1. The molecule has 0 aliphatic carbocycles. The lowest BCUT2D eigenvalue weighted by molar-refractivity contribution is -0.130. The van der Waals surface area contributed by atoms with Gasteiger partial charge in [-0.25, -0.2) is 0 Å². The van der Waals surface area contributed by atoms with Crippen molar-refractivity contribution in [3.63, 3.8) is 0 Å². The van der Waals surface area contributed by atoms with Gasteiger partial charge >= 0.3 is 0 Å². The van der Waals surface area contributed by atoms with E-state index in [-0.39, 0.29) is 5.91 Å². The van der Waals surface area contributed by atoms with E-state index in [1.165, 1.54) is 12.0 Å². The SMILES string of the molecule is CC(=O)N1CCC[C@H](Cc2cccnc2)C1. The summed E-state index contributed by atoms with van der Waals surface area (Å²) in [5, 5.41) is 0. The molecule has 0 radical (unpaired) electrons. The van der Waals surface area contributed by atoms with Gasteiger partial charge in [0.05, 0.1) is 0 Å². The normalized spacial score (nSPS) is 20.8. The predicted octanol–water partition coefficient (Wildman–Crippen LogP) is 1.88. The highest BCUT2D eigenvalue weighted by molar-refractivity contribution is 5.73. The third kappa shape index (κ3) is 2.81. The molecule has 1 aromatic heterocycles. The molecule has 0 unspecified atom stereocenters. The van der Waals surface area contributed by atoms with Crippen LogP contribution in [0.15, 0.2) is 24.5 Å². The van der Waals surface area contributed by atoms with Gasteiger partial charge in [0, 0.05) is 32.4 Å². The van der Waals surface area contributed by atoms with Gasteiger partial charge in [-0.05, 0) is 36.8 Å². The molecule has 3 nitrogen and oxygen atoms in total. The maximum atomic E-state index is 11.3. The van der Waals surface area contributed by atoms with Crippen molar-refractivity contribution in [3.8, 4) is 0 Å². The first-order chi connectivity index (χ1) is 7.75. The first-order valence-electron chi connectivity index (χ1n) is 5.90. The van der Waals surface area contributed by atoms with Crippen molar-refractivity contribution in [1.29, 1.82) is 0 Å². The lowest BCUT2D eigenvalue weighted by atomic mass is 9.92. The molecule has 1 aliphatic heterocycles. The van der Waals surface area contributed by atoms with Gasteiger partial charge in [0.25, 0.3) is 0 Å². The van der Waals surface area contributed by atoms with E-state index in [0.717, 1.165) is 25.9 Å². The van der Waals surface area contributed by atoms with Crippen molar-refractivity contribution < 1.29 is 4.79 Å². The molecule has 1 amide bonds. The number of nitrogens with zero attached hydrogens (tertiary/aromatic N) is 2. The molecule has 0 N–H and O–H groups in total. The van der Waals surface area contributed by atoms with Crippen LogP contribution in [-0.2, 0) is 11.2 Å². The van der Waals surface area contributed by atoms with E-state index in [1.54, 1.807) is 13.1 Å². The Morgan fingerprint density at radius 2 is 2.50 bits per heavy atom. The van der Waals surface area contributed by atoms with Gasteiger partial charge < -0.3 is 4.90 Å². The molecule has 1 aromatic rings. The van der Waals surface area contributed by atoms with Crippen molar-refractivity contribution in [2.24, 2.45) is 5.92 Å². The van der Waals surface area contributed by atoms with Crippen LogP contribution in [0.2, 0.25) is 0 Å². The molecule has 0 spiro atoms. The zero-order valence-corrected chi connectivity index (χ0v) is 9.72. The van der Waals surface area contributed by atoms with Crippen molar-refractivity contribution in [2.45, 2.75) is 26.2 Å². The minimum Gasteiger partial charge on any atom is -0.343 e. The molecular weight excluding hydrogens is 200 g/mol. The Labute approximate surface area is 96.5 Å². The monoisotopic (exact) mass is 218 g/mol. The van der Waals surface area contributed by atoms with Crippen LogP contribution in [0, 0.1) is 5.92 Å². The summed E-state index contributed by atoms with van der Waals surface area (Å²) in [4.78, 5) is 17.4. The van der Waals surface area contributed by atoms with Crippen LogP contribution in [0.4, 0.5) is 0 Å². The predicted molar refractivity (Wildman–Crippen MR) is 62.9 cm³/mol. The summed E-state index contributed by atoms with van der Waals surface area (Å²) in [7, 11) is 0. The largest absolute Gasteiger partial charge is 0.343 e. The van der Waals surface area contributed by atoms with E-state index < -0.39 is 0 Å². The zero-order valence-electron chi connectivity index (χ0n) is 9.72. The fourth-order valence-electron chi connectivity index (χ4n) is 2.37. The van der Waals surface area contributed by atoms with Crippen LogP contribution in [-0.4, -0.2) is 28.9 Å². The number of pyridine rings is 1. The van der Waals surface area contributed by atoms with Gasteiger partial charge in [-0.15, -0.1) is 0 Å². The van der Waals surface area contributed by atoms with Crippen molar-refractivity contribution >= 4 is 5.91 Å². The molecule has 1 aliphatic rings. The van der Waals surface area contributed by atoms with Gasteiger partial charge in [0.1, 0.15) is 0 Å². The summed E-state index contributed by atoms with van der Waals surface area (Å²) in [6.45, 7) is 3.50. The molecular formula is C13H18N2O. The molecule has 2 rings (SSSR count). The highest BCUT2D eigenvalue weighted by Gasteiger charge is 2.21. The van der Waals surface area contributed by atoms with Crippen molar-refractivity contribution in [1.82, 2.24) is 9.88 Å². The molecule has 1 atom stereocenters. The minimum atomic E-state index is 0.205. The number of aromatic nitrogens is 1. The maximum Gasteiger partial charge on any atom is 0.219 e. The summed E-state index contributed by atoms with van der Waals surface area (Å²) >= 11 is 0. The first-order valence-corrected chi connectivity index (χ1v) is 5.90. The van der Waals surface area contributed by atoms with Crippen LogP contribution in [0.3, 0.4) is 0 Å². The average molecular weight is 218 g/mol. The second-order valence-electron chi connectivity index (χ2n) is 4.54. The number of piperidine rings is 1. The van der Waals surface area contributed by atoms with Crippen LogP contribution >= 0.6 is 0 Å². The molecule has 1 fully saturated rings. The second-order valence-corrected chi connectivity index (χ2v) is 4.54. The molecule has 0 bridgehead atoms. The Bertz CT molecular complexity index is 350. The first kappa shape index (κ1) is 11.1. The highest BCUT2D eigenvalue weighted by atomic mass is 16.2. The summed E-state index contributed by atoms with van der Waals surface area (Å²) in [5.74, 6) is 0.803. The fraction of sp³-hybridized carbons (Fsp3) is 0.538. The summed E-state index contributed by atoms with van der Waals surface area (Å²) in [6, 6.07) is 4.08. The van der Waals surface area contributed by atoms with Crippen LogP contribution in [0.1, 0.15) is 25.3 Å². The van der Waals surface area contributed by atoms with Crippen LogP contribution in [0.25, 0.3) is 0 Å². The van der Waals surface area contributed by atoms with Gasteiger partial charge in [-0.1, -0.05) is 6.07 Å². The third-order valence-electron chi connectivity index (χ3n) is 3.21. The molecule has 0 saturated carbocycles. The Morgan fingerprint density at radius 1 is 1.62 bits per heavy atom. The van der Waals surface area contributed by atoms with Gasteiger partial charge in [0.2, 0.25) is 5.91 Å². The highest BCUT2D eigenvalue weighted by Crippen LogP contribution is 2.20. The lowest BCUT2D eigenvalue weighted by Crippen LogP contribution is -2.39. The number of likely N-dealkylation sites (tertiary alicyclic amines) is 1. The summed E-state index contributed by atoms with van der Waals surface area (Å²) in [6.07, 6.45) is 7.11. The Balaban J connectivity index is 1.93. The van der Waals surface area contributed by atoms with Gasteiger partial charge in [-0.2, -0.15) is 0 Å².